The molecule has 0 bridgehead atoms. The molecule has 1 aromatic heterocycles. The van der Waals surface area contributed by atoms with Gasteiger partial charge in [0.25, 0.3) is 0 Å². The van der Waals surface area contributed by atoms with Gasteiger partial charge in [-0.15, -0.1) is 24.0 Å². The van der Waals surface area contributed by atoms with E-state index in [1.54, 1.807) is 7.11 Å². The van der Waals surface area contributed by atoms with Crippen molar-refractivity contribution < 1.29 is 4.74 Å². The van der Waals surface area contributed by atoms with Gasteiger partial charge in [-0.3, -0.25) is 9.67 Å². The second-order valence-electron chi connectivity index (χ2n) is 5.97. The first-order valence-electron chi connectivity index (χ1n) is 8.14. The number of methoxy groups -OCH3 is 1. The summed E-state index contributed by atoms with van der Waals surface area (Å²) in [5.41, 5.74) is 1.21. The molecule has 1 aromatic carbocycles. The van der Waals surface area contributed by atoms with E-state index < -0.39 is 0 Å². The molecule has 2 rings (SSSR count). The number of hydrogen-bond donors (Lipinski definition) is 1. The second-order valence-corrected chi connectivity index (χ2v) is 5.97. The number of rotatable bonds is 7. The van der Waals surface area contributed by atoms with E-state index in [1.807, 2.05) is 49.4 Å². The molecule has 0 saturated carbocycles. The summed E-state index contributed by atoms with van der Waals surface area (Å²) < 4.78 is 7.15. The lowest BCUT2D eigenvalue weighted by Gasteiger charge is -2.23. The van der Waals surface area contributed by atoms with Gasteiger partial charge in [-0.25, -0.2) is 0 Å². The van der Waals surface area contributed by atoms with Crippen LogP contribution in [0.4, 0.5) is 0 Å². The minimum absolute atomic E-state index is 0. The second kappa shape index (κ2) is 11.0. The van der Waals surface area contributed by atoms with Crippen LogP contribution in [0.3, 0.4) is 0 Å². The monoisotopic (exact) mass is 457 g/mol. The van der Waals surface area contributed by atoms with Gasteiger partial charge in [0.05, 0.1) is 7.11 Å². The van der Waals surface area contributed by atoms with E-state index in [-0.39, 0.29) is 24.0 Å². The molecule has 2 aromatic rings. The number of halogens is 1. The number of nitrogens with zero attached hydrogens (tertiary/aromatic N) is 4. The van der Waals surface area contributed by atoms with Crippen LogP contribution >= 0.6 is 24.0 Å². The zero-order valence-corrected chi connectivity index (χ0v) is 17.7. The Bertz CT molecular complexity index is 627. The lowest BCUT2D eigenvalue weighted by atomic mass is 10.2. The Labute approximate surface area is 167 Å². The highest BCUT2D eigenvalue weighted by atomic mass is 127. The number of hydrogen-bond acceptors (Lipinski definition) is 3. The van der Waals surface area contributed by atoms with E-state index in [0.29, 0.717) is 5.92 Å². The standard InChI is InChI=1S/C18H27N5O.HI/c1-15(13-23-11-5-10-21-23)12-20-18(19-2)22(3)14-16-6-8-17(24-4)9-7-16;/h5-11,15H,12-14H2,1-4H3,(H,19,20);1H. The quantitative estimate of drug-likeness (QED) is 0.395. The molecule has 0 saturated heterocycles. The van der Waals surface area contributed by atoms with Crippen LogP contribution in [-0.2, 0) is 13.1 Å². The maximum atomic E-state index is 5.19. The molecule has 1 unspecified atom stereocenters. The van der Waals surface area contributed by atoms with Crippen LogP contribution in [0.25, 0.3) is 0 Å². The molecule has 138 valence electrons. The lowest BCUT2D eigenvalue weighted by molar-refractivity contribution is 0.413. The highest BCUT2D eigenvalue weighted by Crippen LogP contribution is 2.12. The Morgan fingerprint density at radius 1 is 1.36 bits per heavy atom. The Morgan fingerprint density at radius 3 is 2.64 bits per heavy atom. The van der Waals surface area contributed by atoms with Gasteiger partial charge in [0.15, 0.2) is 5.96 Å². The highest BCUT2D eigenvalue weighted by Gasteiger charge is 2.09. The van der Waals surface area contributed by atoms with Crippen LogP contribution in [0.1, 0.15) is 12.5 Å². The summed E-state index contributed by atoms with van der Waals surface area (Å²) in [4.78, 5) is 6.48. The van der Waals surface area contributed by atoms with Gasteiger partial charge in [0.1, 0.15) is 5.75 Å². The van der Waals surface area contributed by atoms with Gasteiger partial charge in [0.2, 0.25) is 0 Å². The van der Waals surface area contributed by atoms with Crippen molar-refractivity contribution in [1.82, 2.24) is 20.0 Å². The van der Waals surface area contributed by atoms with E-state index in [0.717, 1.165) is 31.3 Å². The molecule has 0 amide bonds. The van der Waals surface area contributed by atoms with E-state index in [2.05, 4.69) is 39.4 Å². The molecule has 0 aliphatic heterocycles. The van der Waals surface area contributed by atoms with Crippen molar-refractivity contribution in [3.05, 3.63) is 48.3 Å². The van der Waals surface area contributed by atoms with Crippen LogP contribution in [0.2, 0.25) is 0 Å². The smallest absolute Gasteiger partial charge is 0.193 e. The van der Waals surface area contributed by atoms with Crippen LogP contribution in [0.15, 0.2) is 47.7 Å². The third-order valence-electron chi connectivity index (χ3n) is 3.82. The molecule has 0 aliphatic carbocycles. The van der Waals surface area contributed by atoms with E-state index in [9.17, 15) is 0 Å². The van der Waals surface area contributed by atoms with E-state index in [4.69, 9.17) is 4.74 Å². The molecule has 0 aliphatic rings. The molecule has 1 heterocycles. The Hall–Kier alpha value is -1.77. The van der Waals surface area contributed by atoms with Crippen molar-refractivity contribution in [1.29, 1.82) is 0 Å². The fourth-order valence-corrected chi connectivity index (χ4v) is 2.52. The maximum absolute atomic E-state index is 5.19. The molecular formula is C18H28IN5O. The van der Waals surface area contributed by atoms with Crippen LogP contribution in [0.5, 0.6) is 5.75 Å². The normalized spacial score (nSPS) is 12.2. The topological polar surface area (TPSA) is 54.7 Å². The Kier molecular flexibility index (Phi) is 9.33. The summed E-state index contributed by atoms with van der Waals surface area (Å²) >= 11 is 0. The third-order valence-corrected chi connectivity index (χ3v) is 3.82. The van der Waals surface area contributed by atoms with Gasteiger partial charge in [-0.2, -0.15) is 5.10 Å². The van der Waals surface area contributed by atoms with Gasteiger partial charge in [-0.05, 0) is 29.7 Å². The summed E-state index contributed by atoms with van der Waals surface area (Å²) in [6.45, 7) is 4.72. The number of nitrogens with one attached hydrogen (secondary N) is 1. The maximum Gasteiger partial charge on any atom is 0.193 e. The van der Waals surface area contributed by atoms with Crippen LogP contribution < -0.4 is 10.1 Å². The molecule has 0 fully saturated rings. The predicted octanol–water partition coefficient (Wildman–Crippen LogP) is 2.85. The first kappa shape index (κ1) is 21.3. The lowest BCUT2D eigenvalue weighted by Crippen LogP contribution is -2.40. The Balaban J connectivity index is 0.00000312. The number of aromatic nitrogens is 2. The van der Waals surface area contributed by atoms with Gasteiger partial charge in [0, 0.05) is 46.1 Å². The summed E-state index contributed by atoms with van der Waals surface area (Å²) in [7, 11) is 5.53. The van der Waals surface area contributed by atoms with Gasteiger partial charge in [-0.1, -0.05) is 19.1 Å². The van der Waals surface area contributed by atoms with Crippen LogP contribution in [-0.4, -0.2) is 48.4 Å². The van der Waals surface area contributed by atoms with Crippen molar-refractivity contribution >= 4 is 29.9 Å². The molecular weight excluding hydrogens is 429 g/mol. The van der Waals surface area contributed by atoms with Crippen molar-refractivity contribution in [2.75, 3.05) is 27.7 Å². The van der Waals surface area contributed by atoms with Crippen molar-refractivity contribution in [3.63, 3.8) is 0 Å². The molecule has 25 heavy (non-hydrogen) atoms. The predicted molar refractivity (Wildman–Crippen MR) is 113 cm³/mol. The number of benzene rings is 1. The Morgan fingerprint density at radius 2 is 2.08 bits per heavy atom. The van der Waals surface area contributed by atoms with Gasteiger partial charge >= 0.3 is 0 Å². The first-order valence-corrected chi connectivity index (χ1v) is 8.14. The molecule has 7 heteroatoms. The average molecular weight is 457 g/mol. The first-order chi connectivity index (χ1) is 11.6. The minimum Gasteiger partial charge on any atom is -0.497 e. The fourth-order valence-electron chi connectivity index (χ4n) is 2.52. The van der Waals surface area contributed by atoms with E-state index in [1.165, 1.54) is 5.56 Å². The molecule has 1 N–H and O–H groups in total. The third kappa shape index (κ3) is 6.93. The average Bonchev–Trinajstić information content (AvgIpc) is 3.09. The number of guanidine groups is 1. The zero-order chi connectivity index (χ0) is 17.4. The van der Waals surface area contributed by atoms with Crippen molar-refractivity contribution in [3.8, 4) is 5.75 Å². The summed E-state index contributed by atoms with van der Waals surface area (Å²) in [6.07, 6.45) is 3.79. The summed E-state index contributed by atoms with van der Waals surface area (Å²) in [5.74, 6) is 2.21. The minimum atomic E-state index is 0. The SMILES string of the molecule is CN=C(NCC(C)Cn1cccn1)N(C)Cc1ccc(OC)cc1.I. The largest absolute Gasteiger partial charge is 0.497 e. The van der Waals surface area contributed by atoms with Gasteiger partial charge < -0.3 is 15.0 Å². The number of ether oxygens (including phenoxy) is 1. The van der Waals surface area contributed by atoms with Crippen molar-refractivity contribution in [2.24, 2.45) is 10.9 Å². The van der Waals surface area contributed by atoms with Crippen molar-refractivity contribution in [2.45, 2.75) is 20.0 Å². The zero-order valence-electron chi connectivity index (χ0n) is 15.3. The summed E-state index contributed by atoms with van der Waals surface area (Å²) in [6, 6.07) is 10.0. The van der Waals surface area contributed by atoms with E-state index >= 15 is 0 Å². The molecule has 0 spiro atoms. The van der Waals surface area contributed by atoms with Crippen LogP contribution in [0, 0.1) is 5.92 Å². The fraction of sp³-hybridized carbons (Fsp3) is 0.444. The molecule has 6 nitrogen and oxygen atoms in total. The summed E-state index contributed by atoms with van der Waals surface area (Å²) in [5, 5.41) is 7.68. The highest BCUT2D eigenvalue weighted by molar-refractivity contribution is 14.0. The number of aliphatic imine (C=N–C) groups is 1. The molecule has 1 atom stereocenters. The molecule has 0 radical (unpaired) electrons.